The van der Waals surface area contributed by atoms with Crippen LogP contribution in [0.5, 0.6) is 0 Å². The van der Waals surface area contributed by atoms with Crippen LogP contribution in [0.2, 0.25) is 19.6 Å². The molecule has 0 amide bonds. The van der Waals surface area contributed by atoms with Crippen LogP contribution in [-0.2, 0) is 0 Å². The molecule has 0 radical (unpaired) electrons. The molecular formula is C13H28S2Si. The van der Waals surface area contributed by atoms with E-state index >= 15 is 0 Å². The van der Waals surface area contributed by atoms with E-state index in [1.165, 1.54) is 23.5 Å². The standard InChI is InChI=1S/C13H28S2Si/c1-11(2)10-12(3)15-9-8-13(14-4)16(5,6)7/h11,13H,3,8-10H2,1-2,4-7H3. The summed E-state index contributed by atoms with van der Waals surface area (Å²) in [6, 6.07) is 0. The van der Waals surface area contributed by atoms with Crippen LogP contribution in [0.4, 0.5) is 0 Å². The number of hydrogen-bond donors (Lipinski definition) is 0. The molecule has 1 unspecified atom stereocenters. The lowest BCUT2D eigenvalue weighted by atomic mass is 10.1. The van der Waals surface area contributed by atoms with Gasteiger partial charge in [0.25, 0.3) is 0 Å². The Morgan fingerprint density at radius 3 is 2.19 bits per heavy atom. The average molecular weight is 277 g/mol. The molecule has 0 spiro atoms. The van der Waals surface area contributed by atoms with Crippen molar-refractivity contribution >= 4 is 31.6 Å². The Morgan fingerprint density at radius 2 is 1.81 bits per heavy atom. The maximum Gasteiger partial charge on any atom is 0.0587 e. The van der Waals surface area contributed by atoms with Gasteiger partial charge in [-0.25, -0.2) is 0 Å². The smallest absolute Gasteiger partial charge is 0.0587 e. The molecule has 0 saturated heterocycles. The first-order valence-corrected chi connectivity index (χ1v) is 12.0. The third-order valence-electron chi connectivity index (χ3n) is 2.57. The number of rotatable bonds is 8. The summed E-state index contributed by atoms with van der Waals surface area (Å²) in [4.78, 5) is 2.26. The minimum absolute atomic E-state index is 0.744. The molecule has 0 nitrogen and oxygen atoms in total. The molecule has 0 aromatic carbocycles. The second-order valence-corrected chi connectivity index (χ2v) is 14.0. The molecule has 3 heteroatoms. The van der Waals surface area contributed by atoms with Crippen LogP contribution < -0.4 is 0 Å². The summed E-state index contributed by atoms with van der Waals surface area (Å²) in [6.45, 7) is 16.1. The fourth-order valence-electron chi connectivity index (χ4n) is 1.73. The minimum atomic E-state index is -0.971. The molecule has 0 fully saturated rings. The van der Waals surface area contributed by atoms with Gasteiger partial charge in [-0.05, 0) is 40.5 Å². The van der Waals surface area contributed by atoms with E-state index in [1.54, 1.807) is 0 Å². The van der Waals surface area contributed by atoms with Crippen molar-refractivity contribution in [3.63, 3.8) is 0 Å². The summed E-state index contributed by atoms with van der Waals surface area (Å²) in [6.07, 6.45) is 4.77. The Balaban J connectivity index is 3.84. The molecule has 0 aliphatic carbocycles. The zero-order valence-electron chi connectivity index (χ0n) is 11.8. The van der Waals surface area contributed by atoms with Crippen molar-refractivity contribution < 1.29 is 0 Å². The Kier molecular flexibility index (Phi) is 8.21. The van der Waals surface area contributed by atoms with E-state index in [0.29, 0.717) is 0 Å². The van der Waals surface area contributed by atoms with Gasteiger partial charge in [-0.1, -0.05) is 40.1 Å². The average Bonchev–Trinajstić information content (AvgIpc) is 2.08. The third kappa shape index (κ3) is 7.85. The minimum Gasteiger partial charge on any atom is -0.165 e. The molecule has 0 aromatic heterocycles. The maximum atomic E-state index is 4.15. The second kappa shape index (κ2) is 7.88. The van der Waals surface area contributed by atoms with Gasteiger partial charge >= 0.3 is 0 Å². The normalized spacial score (nSPS) is 14.2. The quantitative estimate of drug-likeness (QED) is 0.553. The molecule has 0 aromatic rings. The van der Waals surface area contributed by atoms with Crippen molar-refractivity contribution in [2.75, 3.05) is 12.0 Å². The van der Waals surface area contributed by atoms with Gasteiger partial charge < -0.3 is 0 Å². The highest BCUT2D eigenvalue weighted by atomic mass is 32.2. The van der Waals surface area contributed by atoms with E-state index in [0.717, 1.165) is 10.8 Å². The molecule has 0 aliphatic rings. The lowest BCUT2D eigenvalue weighted by Crippen LogP contribution is -2.35. The number of hydrogen-bond acceptors (Lipinski definition) is 2. The lowest BCUT2D eigenvalue weighted by molar-refractivity contribution is 0.659. The maximum absolute atomic E-state index is 4.15. The first-order valence-electron chi connectivity index (χ1n) is 6.10. The molecule has 0 heterocycles. The predicted molar refractivity (Wildman–Crippen MR) is 86.3 cm³/mol. The Bertz CT molecular complexity index is 206. The van der Waals surface area contributed by atoms with Gasteiger partial charge in [-0.3, -0.25) is 0 Å². The van der Waals surface area contributed by atoms with Crippen LogP contribution in [0.25, 0.3) is 0 Å². The van der Waals surface area contributed by atoms with Crippen LogP contribution in [0, 0.1) is 5.92 Å². The van der Waals surface area contributed by atoms with E-state index in [4.69, 9.17) is 0 Å². The molecule has 0 saturated carbocycles. The van der Waals surface area contributed by atoms with Gasteiger partial charge in [0.05, 0.1) is 8.07 Å². The molecule has 16 heavy (non-hydrogen) atoms. The van der Waals surface area contributed by atoms with Crippen molar-refractivity contribution in [3.05, 3.63) is 11.5 Å². The lowest BCUT2D eigenvalue weighted by Gasteiger charge is -2.27. The topological polar surface area (TPSA) is 0 Å². The summed E-state index contributed by atoms with van der Waals surface area (Å²) in [7, 11) is -0.971. The van der Waals surface area contributed by atoms with Crippen molar-refractivity contribution in [3.8, 4) is 0 Å². The molecule has 0 N–H and O–H groups in total. The van der Waals surface area contributed by atoms with E-state index in [-0.39, 0.29) is 0 Å². The van der Waals surface area contributed by atoms with E-state index < -0.39 is 8.07 Å². The molecule has 96 valence electrons. The zero-order valence-corrected chi connectivity index (χ0v) is 14.4. The molecule has 1 atom stereocenters. The van der Waals surface area contributed by atoms with Crippen LogP contribution in [0.15, 0.2) is 11.5 Å². The van der Waals surface area contributed by atoms with Crippen LogP contribution in [0.3, 0.4) is 0 Å². The summed E-state index contributed by atoms with van der Waals surface area (Å²) in [5, 5.41) is 0. The van der Waals surface area contributed by atoms with Gasteiger partial charge in [-0.15, -0.1) is 11.8 Å². The SMILES string of the molecule is C=C(CC(C)C)SCCC(SC)[Si](C)(C)C. The van der Waals surface area contributed by atoms with Crippen molar-refractivity contribution in [2.24, 2.45) is 5.92 Å². The molecular weight excluding hydrogens is 248 g/mol. The van der Waals surface area contributed by atoms with Crippen LogP contribution in [-0.4, -0.2) is 25.0 Å². The fraction of sp³-hybridized carbons (Fsp3) is 0.846. The Hall–Kier alpha value is 0.657. The van der Waals surface area contributed by atoms with Gasteiger partial charge in [0.2, 0.25) is 0 Å². The second-order valence-electron chi connectivity index (χ2n) is 5.86. The van der Waals surface area contributed by atoms with E-state index in [1.807, 2.05) is 11.8 Å². The molecule has 0 bridgehead atoms. The van der Waals surface area contributed by atoms with Gasteiger partial charge in [-0.2, -0.15) is 11.8 Å². The van der Waals surface area contributed by atoms with Crippen LogP contribution in [0.1, 0.15) is 26.7 Å². The number of allylic oxidation sites excluding steroid dienone is 1. The van der Waals surface area contributed by atoms with Gasteiger partial charge in [0, 0.05) is 0 Å². The third-order valence-corrected chi connectivity index (χ3v) is 9.44. The fourth-order valence-corrected chi connectivity index (χ4v) is 7.37. The highest BCUT2D eigenvalue weighted by molar-refractivity contribution is 8.03. The highest BCUT2D eigenvalue weighted by Gasteiger charge is 2.25. The highest BCUT2D eigenvalue weighted by Crippen LogP contribution is 2.28. The zero-order chi connectivity index (χ0) is 12.8. The van der Waals surface area contributed by atoms with E-state index in [2.05, 4.69) is 58.1 Å². The first kappa shape index (κ1) is 16.7. The van der Waals surface area contributed by atoms with Gasteiger partial charge in [0.1, 0.15) is 0 Å². The van der Waals surface area contributed by atoms with Crippen molar-refractivity contribution in [2.45, 2.75) is 51.2 Å². The predicted octanol–water partition coefficient (Wildman–Crippen LogP) is 5.28. The van der Waals surface area contributed by atoms with Crippen molar-refractivity contribution in [1.82, 2.24) is 0 Å². The Labute approximate surface area is 112 Å². The van der Waals surface area contributed by atoms with Crippen molar-refractivity contribution in [1.29, 1.82) is 0 Å². The molecule has 0 aliphatic heterocycles. The summed E-state index contributed by atoms with van der Waals surface area (Å²) in [5.74, 6) is 2.00. The molecule has 0 rings (SSSR count). The number of thioether (sulfide) groups is 2. The van der Waals surface area contributed by atoms with Gasteiger partial charge in [0.15, 0.2) is 0 Å². The Morgan fingerprint density at radius 1 is 1.25 bits per heavy atom. The first-order chi connectivity index (χ1) is 7.27. The largest absolute Gasteiger partial charge is 0.165 e. The summed E-state index contributed by atoms with van der Waals surface area (Å²) >= 11 is 4.04. The van der Waals surface area contributed by atoms with E-state index in [9.17, 15) is 0 Å². The summed E-state index contributed by atoms with van der Waals surface area (Å²) in [5.41, 5.74) is 0. The van der Waals surface area contributed by atoms with Crippen LogP contribution >= 0.6 is 23.5 Å². The monoisotopic (exact) mass is 276 g/mol. The summed E-state index contributed by atoms with van der Waals surface area (Å²) < 4.78 is 0.